The highest BCUT2D eigenvalue weighted by atomic mass is 16.5. The number of rotatable bonds is 9. The van der Waals surface area contributed by atoms with E-state index in [0.29, 0.717) is 30.7 Å². The molecule has 9 heteroatoms. The summed E-state index contributed by atoms with van der Waals surface area (Å²) in [6.07, 6.45) is 3.42. The van der Waals surface area contributed by atoms with Gasteiger partial charge < -0.3 is 24.4 Å². The summed E-state index contributed by atoms with van der Waals surface area (Å²) in [5.74, 6) is 2.56. The van der Waals surface area contributed by atoms with E-state index in [4.69, 9.17) is 14.2 Å². The molecule has 2 aliphatic heterocycles. The lowest BCUT2D eigenvalue weighted by atomic mass is 10.0. The summed E-state index contributed by atoms with van der Waals surface area (Å²) in [4.78, 5) is 25.1. The molecule has 0 radical (unpaired) electrons. The summed E-state index contributed by atoms with van der Waals surface area (Å²) >= 11 is 0. The molecule has 9 nitrogen and oxygen atoms in total. The number of carbonyl (C=O) groups excluding carboxylic acids is 1. The van der Waals surface area contributed by atoms with Gasteiger partial charge in [0, 0.05) is 44.4 Å². The largest absolute Gasteiger partial charge is 0.494 e. The molecule has 2 aromatic rings. The first-order valence-electron chi connectivity index (χ1n) is 11.1. The third-order valence-corrected chi connectivity index (χ3v) is 5.85. The highest BCUT2D eigenvalue weighted by Gasteiger charge is 2.20. The van der Waals surface area contributed by atoms with Crippen LogP contribution in [0.15, 0.2) is 24.3 Å². The molecule has 0 aliphatic carbocycles. The van der Waals surface area contributed by atoms with Crippen LogP contribution in [0, 0.1) is 0 Å². The molecule has 172 valence electrons. The highest BCUT2D eigenvalue weighted by molar-refractivity contribution is 5.94. The number of anilines is 2. The molecule has 3 heterocycles. The Morgan fingerprint density at radius 3 is 2.44 bits per heavy atom. The van der Waals surface area contributed by atoms with E-state index in [-0.39, 0.29) is 5.91 Å². The van der Waals surface area contributed by atoms with Crippen molar-refractivity contribution < 1.29 is 19.0 Å². The van der Waals surface area contributed by atoms with Gasteiger partial charge in [0.2, 0.25) is 23.6 Å². The number of nitrogens with zero attached hydrogens (tertiary/aromatic N) is 4. The van der Waals surface area contributed by atoms with Gasteiger partial charge in [-0.1, -0.05) is 6.07 Å². The van der Waals surface area contributed by atoms with Crippen molar-refractivity contribution in [3.05, 3.63) is 29.8 Å². The van der Waals surface area contributed by atoms with Crippen LogP contribution in [0.5, 0.6) is 17.5 Å². The first-order chi connectivity index (χ1) is 15.6. The topological polar surface area (TPSA) is 89.0 Å². The van der Waals surface area contributed by atoms with Crippen LogP contribution >= 0.6 is 0 Å². The Hall–Kier alpha value is -3.07. The van der Waals surface area contributed by atoms with Crippen LogP contribution in [0.4, 0.5) is 11.6 Å². The van der Waals surface area contributed by atoms with Crippen molar-refractivity contribution in [2.75, 3.05) is 63.8 Å². The molecule has 1 aromatic carbocycles. The van der Waals surface area contributed by atoms with Crippen LogP contribution < -0.4 is 24.4 Å². The van der Waals surface area contributed by atoms with Gasteiger partial charge in [0.15, 0.2) is 0 Å². The first-order valence-corrected chi connectivity index (χ1v) is 11.1. The molecule has 1 aromatic heterocycles. The molecule has 0 saturated carbocycles. The van der Waals surface area contributed by atoms with Crippen LogP contribution in [0.25, 0.3) is 0 Å². The molecular weight excluding hydrogens is 410 g/mol. The van der Waals surface area contributed by atoms with E-state index in [9.17, 15) is 4.79 Å². The predicted molar refractivity (Wildman–Crippen MR) is 122 cm³/mol. The lowest BCUT2D eigenvalue weighted by Crippen LogP contribution is -2.47. The Bertz CT molecular complexity index is 908. The number of amides is 1. The zero-order chi connectivity index (χ0) is 22.3. The van der Waals surface area contributed by atoms with Crippen molar-refractivity contribution >= 4 is 17.5 Å². The molecule has 0 bridgehead atoms. The zero-order valence-electron chi connectivity index (χ0n) is 18.8. The Morgan fingerprint density at radius 1 is 0.969 bits per heavy atom. The van der Waals surface area contributed by atoms with E-state index in [0.717, 1.165) is 63.4 Å². The van der Waals surface area contributed by atoms with Gasteiger partial charge in [-0.3, -0.25) is 9.69 Å². The number of benzene rings is 1. The Morgan fingerprint density at radius 2 is 1.72 bits per heavy atom. The molecule has 4 rings (SSSR count). The number of hydrogen-bond donors (Lipinski definition) is 1. The van der Waals surface area contributed by atoms with Crippen LogP contribution in [-0.2, 0) is 11.2 Å². The molecule has 2 aliphatic rings. The number of ether oxygens (including phenoxy) is 3. The average molecular weight is 442 g/mol. The second-order valence-electron chi connectivity index (χ2n) is 8.00. The SMILES string of the molecule is COc1cc(OC)nc(N2CCN(CCCCOc3ccc4c(c3)NC(=O)CC4)CC2)n1. The third kappa shape index (κ3) is 5.59. The smallest absolute Gasteiger partial charge is 0.232 e. The highest BCUT2D eigenvalue weighted by Crippen LogP contribution is 2.27. The summed E-state index contributed by atoms with van der Waals surface area (Å²) in [6.45, 7) is 5.38. The van der Waals surface area contributed by atoms with E-state index >= 15 is 0 Å². The Labute approximate surface area is 188 Å². The lowest BCUT2D eigenvalue weighted by molar-refractivity contribution is -0.116. The molecule has 0 atom stereocenters. The third-order valence-electron chi connectivity index (χ3n) is 5.85. The van der Waals surface area contributed by atoms with E-state index < -0.39 is 0 Å². The van der Waals surface area contributed by atoms with Crippen molar-refractivity contribution in [3.63, 3.8) is 0 Å². The molecule has 32 heavy (non-hydrogen) atoms. The van der Waals surface area contributed by atoms with Crippen LogP contribution in [-0.4, -0.2) is 74.3 Å². The minimum Gasteiger partial charge on any atom is -0.494 e. The minimum absolute atomic E-state index is 0.0758. The second kappa shape index (κ2) is 10.5. The number of unbranched alkanes of at least 4 members (excludes halogenated alkanes) is 1. The van der Waals surface area contributed by atoms with E-state index in [1.54, 1.807) is 20.3 Å². The van der Waals surface area contributed by atoms with Gasteiger partial charge in [-0.25, -0.2) is 0 Å². The van der Waals surface area contributed by atoms with Gasteiger partial charge in [-0.2, -0.15) is 9.97 Å². The average Bonchev–Trinajstić information content (AvgIpc) is 2.83. The minimum atomic E-state index is 0.0758. The van der Waals surface area contributed by atoms with Gasteiger partial charge in [-0.15, -0.1) is 0 Å². The maximum absolute atomic E-state index is 11.6. The Balaban J connectivity index is 1.16. The lowest BCUT2D eigenvalue weighted by Gasteiger charge is -2.34. The van der Waals surface area contributed by atoms with Gasteiger partial charge in [0.25, 0.3) is 0 Å². The van der Waals surface area contributed by atoms with Crippen molar-refractivity contribution in [2.24, 2.45) is 0 Å². The van der Waals surface area contributed by atoms with E-state index in [1.165, 1.54) is 5.56 Å². The summed E-state index contributed by atoms with van der Waals surface area (Å²) < 4.78 is 16.4. The molecule has 1 amide bonds. The fourth-order valence-corrected chi connectivity index (χ4v) is 3.98. The number of nitrogens with one attached hydrogen (secondary N) is 1. The van der Waals surface area contributed by atoms with E-state index in [2.05, 4.69) is 25.1 Å². The molecule has 1 saturated heterocycles. The van der Waals surface area contributed by atoms with Crippen LogP contribution in [0.3, 0.4) is 0 Å². The fourth-order valence-electron chi connectivity index (χ4n) is 3.98. The second-order valence-corrected chi connectivity index (χ2v) is 8.00. The fraction of sp³-hybridized carbons (Fsp3) is 0.522. The number of piperazine rings is 1. The van der Waals surface area contributed by atoms with E-state index in [1.807, 2.05) is 18.2 Å². The monoisotopic (exact) mass is 441 g/mol. The predicted octanol–water partition coefficient (Wildman–Crippen LogP) is 2.36. The molecule has 0 spiro atoms. The standard InChI is InChI=1S/C23H31N5O4/c1-30-21-16-22(31-2)26-23(25-21)28-12-10-27(11-13-28)9-3-4-14-32-18-7-5-17-6-8-20(29)24-19(17)15-18/h5,7,15-16H,3-4,6,8-14H2,1-2H3,(H,24,29). The molecular formula is C23H31N5O4. The van der Waals surface area contributed by atoms with Crippen molar-refractivity contribution in [2.45, 2.75) is 25.7 Å². The molecule has 1 N–H and O–H groups in total. The quantitative estimate of drug-likeness (QED) is 0.594. The maximum atomic E-state index is 11.6. The number of methoxy groups -OCH3 is 2. The van der Waals surface area contributed by atoms with Crippen LogP contribution in [0.2, 0.25) is 0 Å². The summed E-state index contributed by atoms with van der Waals surface area (Å²) in [5, 5.41) is 2.92. The van der Waals surface area contributed by atoms with Gasteiger partial charge >= 0.3 is 0 Å². The zero-order valence-corrected chi connectivity index (χ0v) is 18.8. The number of carbonyl (C=O) groups is 1. The number of hydrogen-bond acceptors (Lipinski definition) is 8. The normalized spacial score (nSPS) is 16.3. The van der Waals surface area contributed by atoms with Gasteiger partial charge in [0.1, 0.15) is 5.75 Å². The van der Waals surface area contributed by atoms with Gasteiger partial charge in [-0.05, 0) is 37.4 Å². The maximum Gasteiger partial charge on any atom is 0.232 e. The van der Waals surface area contributed by atoms with Crippen molar-refractivity contribution in [1.82, 2.24) is 14.9 Å². The molecule has 1 fully saturated rings. The number of aryl methyl sites for hydroxylation is 1. The van der Waals surface area contributed by atoms with Crippen molar-refractivity contribution in [3.8, 4) is 17.5 Å². The van der Waals surface area contributed by atoms with Crippen LogP contribution in [0.1, 0.15) is 24.8 Å². The summed E-state index contributed by atoms with van der Waals surface area (Å²) in [5.41, 5.74) is 2.06. The number of aromatic nitrogens is 2. The Kier molecular flexibility index (Phi) is 7.26. The summed E-state index contributed by atoms with van der Waals surface area (Å²) in [6, 6.07) is 7.65. The number of fused-ring (bicyclic) bond motifs is 1. The summed E-state index contributed by atoms with van der Waals surface area (Å²) in [7, 11) is 3.19. The molecule has 0 unspecified atom stereocenters. The first kappa shape index (κ1) is 22.1. The van der Waals surface area contributed by atoms with Crippen molar-refractivity contribution in [1.29, 1.82) is 0 Å². The van der Waals surface area contributed by atoms with Gasteiger partial charge in [0.05, 0.1) is 26.9 Å².